The number of aromatic nitrogens is 1. The van der Waals surface area contributed by atoms with Crippen molar-refractivity contribution in [3.05, 3.63) is 52.6 Å². The lowest BCUT2D eigenvalue weighted by Gasteiger charge is -2.24. The van der Waals surface area contributed by atoms with Crippen molar-refractivity contribution < 1.29 is 14.3 Å². The molecule has 0 fully saturated rings. The van der Waals surface area contributed by atoms with Gasteiger partial charge in [0, 0.05) is 6.42 Å². The Balaban J connectivity index is 1.82. The van der Waals surface area contributed by atoms with Crippen LogP contribution in [-0.4, -0.2) is 29.6 Å². The number of hydrogen-bond acceptors (Lipinski definition) is 4. The van der Waals surface area contributed by atoms with Gasteiger partial charge in [0.1, 0.15) is 16.5 Å². The normalized spacial score (nSPS) is 15.7. The van der Waals surface area contributed by atoms with Crippen molar-refractivity contribution >= 4 is 39.4 Å². The summed E-state index contributed by atoms with van der Waals surface area (Å²) in [4.78, 5) is 31.1. The van der Waals surface area contributed by atoms with Crippen LogP contribution >= 0.6 is 15.9 Å². The molecule has 1 aromatic heterocycles. The quantitative estimate of drug-likeness (QED) is 0.762. The Labute approximate surface area is 160 Å². The van der Waals surface area contributed by atoms with E-state index in [1.807, 2.05) is 38.1 Å². The van der Waals surface area contributed by atoms with Crippen LogP contribution in [0.25, 0.3) is 0 Å². The summed E-state index contributed by atoms with van der Waals surface area (Å²) >= 11 is 3.28. The van der Waals surface area contributed by atoms with Gasteiger partial charge in [0.05, 0.1) is 12.3 Å². The predicted molar refractivity (Wildman–Crippen MR) is 103 cm³/mol. The number of fused-ring (bicyclic) bond motifs is 1. The predicted octanol–water partition coefficient (Wildman–Crippen LogP) is 4.01. The van der Waals surface area contributed by atoms with E-state index in [1.54, 1.807) is 18.2 Å². The summed E-state index contributed by atoms with van der Waals surface area (Å²) in [5.41, 5.74) is 1.65. The van der Waals surface area contributed by atoms with Gasteiger partial charge in [0.2, 0.25) is 5.91 Å². The first kappa shape index (κ1) is 18.4. The van der Waals surface area contributed by atoms with Crippen LogP contribution in [0, 0.1) is 5.92 Å². The number of halogens is 1. The fourth-order valence-corrected chi connectivity index (χ4v) is 3.16. The van der Waals surface area contributed by atoms with E-state index in [9.17, 15) is 9.59 Å². The van der Waals surface area contributed by atoms with Gasteiger partial charge >= 0.3 is 6.09 Å². The number of carbonyl (C=O) groups excluding carboxylic acids is 2. The molecule has 0 saturated heterocycles. The molecule has 1 aliphatic heterocycles. The maximum atomic E-state index is 12.8. The smallest absolute Gasteiger partial charge is 0.415 e. The number of nitrogens with one attached hydrogen (secondary N) is 1. The second-order valence-corrected chi connectivity index (χ2v) is 7.34. The minimum absolute atomic E-state index is 0.218. The highest BCUT2D eigenvalue weighted by molar-refractivity contribution is 9.10. The van der Waals surface area contributed by atoms with Crippen molar-refractivity contribution in [1.29, 1.82) is 0 Å². The molecule has 1 atom stereocenters. The van der Waals surface area contributed by atoms with Gasteiger partial charge in [-0.3, -0.25) is 9.69 Å². The molecule has 1 N–H and O–H groups in total. The molecule has 1 aromatic carbocycles. The van der Waals surface area contributed by atoms with Crippen LogP contribution < -0.4 is 10.2 Å². The minimum Gasteiger partial charge on any atom is -0.449 e. The molecular formula is C19H20BrN3O3. The summed E-state index contributed by atoms with van der Waals surface area (Å²) in [5.74, 6) is 0.346. The molecule has 1 unspecified atom stereocenters. The highest BCUT2D eigenvalue weighted by atomic mass is 79.9. The van der Waals surface area contributed by atoms with Crippen molar-refractivity contribution in [2.24, 2.45) is 5.92 Å². The molecular weight excluding hydrogens is 398 g/mol. The summed E-state index contributed by atoms with van der Waals surface area (Å²) in [6.45, 7) is 4.24. The molecule has 136 valence electrons. The van der Waals surface area contributed by atoms with E-state index < -0.39 is 12.1 Å². The Morgan fingerprint density at radius 2 is 2.04 bits per heavy atom. The fraction of sp³-hybridized carbons (Fsp3) is 0.316. The van der Waals surface area contributed by atoms with E-state index >= 15 is 0 Å². The van der Waals surface area contributed by atoms with E-state index in [-0.39, 0.29) is 11.8 Å². The molecule has 2 amide bonds. The van der Waals surface area contributed by atoms with E-state index in [0.29, 0.717) is 29.1 Å². The topological polar surface area (TPSA) is 71.5 Å². The van der Waals surface area contributed by atoms with Gasteiger partial charge in [-0.05, 0) is 45.6 Å². The van der Waals surface area contributed by atoms with Gasteiger partial charge in [-0.1, -0.05) is 38.1 Å². The van der Waals surface area contributed by atoms with Crippen LogP contribution in [0.2, 0.25) is 0 Å². The van der Waals surface area contributed by atoms with Crippen molar-refractivity contribution in [2.75, 3.05) is 16.8 Å². The molecule has 0 saturated carbocycles. The Kier molecular flexibility index (Phi) is 5.56. The number of benzene rings is 1. The van der Waals surface area contributed by atoms with E-state index in [0.717, 1.165) is 5.56 Å². The lowest BCUT2D eigenvalue weighted by atomic mass is 10.1. The maximum Gasteiger partial charge on any atom is 0.415 e. The Morgan fingerprint density at radius 3 is 2.77 bits per heavy atom. The van der Waals surface area contributed by atoms with Gasteiger partial charge < -0.3 is 10.1 Å². The highest BCUT2D eigenvalue weighted by Crippen LogP contribution is 2.33. The third-order valence-corrected chi connectivity index (χ3v) is 4.42. The first-order valence-electron chi connectivity index (χ1n) is 8.43. The van der Waals surface area contributed by atoms with Crippen LogP contribution in [0.3, 0.4) is 0 Å². The summed E-state index contributed by atoms with van der Waals surface area (Å²) in [7, 11) is 0. The Bertz CT molecular complexity index is 825. The van der Waals surface area contributed by atoms with E-state index in [1.165, 1.54) is 4.90 Å². The lowest BCUT2D eigenvalue weighted by molar-refractivity contribution is -0.117. The van der Waals surface area contributed by atoms with E-state index in [2.05, 4.69) is 26.2 Å². The monoisotopic (exact) mass is 417 g/mol. The zero-order valence-electron chi connectivity index (χ0n) is 14.6. The number of ether oxygens (including phenoxy) is 1. The fourth-order valence-electron chi connectivity index (χ4n) is 2.82. The zero-order chi connectivity index (χ0) is 18.7. The van der Waals surface area contributed by atoms with Gasteiger partial charge in [-0.15, -0.1) is 0 Å². The zero-order valence-corrected chi connectivity index (χ0v) is 16.2. The molecule has 2 heterocycles. The van der Waals surface area contributed by atoms with Crippen LogP contribution in [0.1, 0.15) is 19.4 Å². The Morgan fingerprint density at radius 1 is 1.27 bits per heavy atom. The van der Waals surface area contributed by atoms with Crippen LogP contribution in [0.5, 0.6) is 0 Å². The summed E-state index contributed by atoms with van der Waals surface area (Å²) < 4.78 is 6.00. The standard InChI is InChI=1S/C19H20BrN3O3/c1-12(2)11-26-19(25)23-14-7-4-3-6-13(14)10-15(23)18(24)22-17-9-5-8-16(20)21-17/h3-9,12,15H,10-11H2,1-2H3,(H,21,22,24). The number of carbonyl (C=O) groups is 2. The third-order valence-electron chi connectivity index (χ3n) is 3.98. The number of hydrogen-bond donors (Lipinski definition) is 1. The second-order valence-electron chi connectivity index (χ2n) is 6.52. The van der Waals surface area contributed by atoms with Crippen molar-refractivity contribution in [3.8, 4) is 0 Å². The summed E-state index contributed by atoms with van der Waals surface area (Å²) in [6.07, 6.45) is -0.0710. The first-order chi connectivity index (χ1) is 12.5. The maximum absolute atomic E-state index is 12.8. The van der Waals surface area contributed by atoms with Crippen LogP contribution in [0.15, 0.2) is 47.1 Å². The largest absolute Gasteiger partial charge is 0.449 e. The molecule has 6 nitrogen and oxygen atoms in total. The average molecular weight is 418 g/mol. The summed E-state index contributed by atoms with van der Waals surface area (Å²) in [6, 6.07) is 12.1. The molecule has 1 aliphatic rings. The summed E-state index contributed by atoms with van der Waals surface area (Å²) in [5, 5.41) is 2.78. The minimum atomic E-state index is -0.673. The van der Waals surface area contributed by atoms with Crippen LogP contribution in [0.4, 0.5) is 16.3 Å². The first-order valence-corrected chi connectivity index (χ1v) is 9.22. The number of para-hydroxylation sites is 1. The molecule has 0 aliphatic carbocycles. The van der Waals surface area contributed by atoms with Gasteiger partial charge in [-0.2, -0.15) is 0 Å². The Hall–Kier alpha value is -2.41. The lowest BCUT2D eigenvalue weighted by Crippen LogP contribution is -2.46. The SMILES string of the molecule is CC(C)COC(=O)N1c2ccccc2CC1C(=O)Nc1cccc(Br)n1. The van der Waals surface area contributed by atoms with Crippen molar-refractivity contribution in [2.45, 2.75) is 26.3 Å². The molecule has 0 spiro atoms. The molecule has 0 radical (unpaired) electrons. The average Bonchev–Trinajstić information content (AvgIpc) is 2.99. The molecule has 7 heteroatoms. The molecule has 0 bridgehead atoms. The molecule has 3 rings (SSSR count). The number of amides is 2. The van der Waals surface area contributed by atoms with Crippen molar-refractivity contribution in [1.82, 2.24) is 4.98 Å². The molecule has 2 aromatic rings. The van der Waals surface area contributed by atoms with E-state index in [4.69, 9.17) is 4.74 Å². The number of pyridine rings is 1. The number of rotatable bonds is 4. The van der Waals surface area contributed by atoms with Gasteiger partial charge in [-0.25, -0.2) is 9.78 Å². The number of nitrogens with zero attached hydrogens (tertiary/aromatic N) is 2. The second kappa shape index (κ2) is 7.86. The molecule has 26 heavy (non-hydrogen) atoms. The number of anilines is 2. The highest BCUT2D eigenvalue weighted by Gasteiger charge is 2.39. The van der Waals surface area contributed by atoms with Gasteiger partial charge in [0.25, 0.3) is 0 Å². The van der Waals surface area contributed by atoms with Crippen molar-refractivity contribution in [3.63, 3.8) is 0 Å². The third kappa shape index (κ3) is 4.04. The van der Waals surface area contributed by atoms with Gasteiger partial charge in [0.15, 0.2) is 0 Å². The van der Waals surface area contributed by atoms with Crippen LogP contribution in [-0.2, 0) is 16.0 Å².